The highest BCUT2D eigenvalue weighted by atomic mass is 35.5. The van der Waals surface area contributed by atoms with Gasteiger partial charge in [0, 0.05) is 12.0 Å². The Balaban J connectivity index is 2.11. The first-order chi connectivity index (χ1) is 10.5. The molecule has 2 rings (SSSR count). The monoisotopic (exact) mass is 344 g/mol. The number of carbonyl (C=O) groups is 2. The van der Waals surface area contributed by atoms with Crippen molar-refractivity contribution in [1.29, 1.82) is 0 Å². The molecule has 2 amide bonds. The number of benzene rings is 1. The van der Waals surface area contributed by atoms with Crippen LogP contribution in [0.5, 0.6) is 5.75 Å². The van der Waals surface area contributed by atoms with E-state index in [4.69, 9.17) is 27.9 Å². The molecule has 1 aliphatic heterocycles. The Kier molecular flexibility index (Phi) is 5.91. The predicted molar refractivity (Wildman–Crippen MR) is 85.4 cm³/mol. The van der Waals surface area contributed by atoms with Gasteiger partial charge in [-0.1, -0.05) is 36.2 Å². The fourth-order valence-electron chi connectivity index (χ4n) is 2.28. The van der Waals surface area contributed by atoms with Crippen molar-refractivity contribution >= 4 is 35.0 Å². The van der Waals surface area contributed by atoms with E-state index in [1.165, 1.54) is 0 Å². The number of fused-ring (bicyclic) bond motifs is 1. The third kappa shape index (κ3) is 4.05. The van der Waals surface area contributed by atoms with Crippen molar-refractivity contribution in [2.45, 2.75) is 32.2 Å². The summed E-state index contributed by atoms with van der Waals surface area (Å²) in [6.07, 6.45) is 1.87. The average Bonchev–Trinajstić information content (AvgIpc) is 2.71. The first-order valence-electron chi connectivity index (χ1n) is 7.19. The molecule has 5 nitrogen and oxygen atoms in total. The van der Waals surface area contributed by atoms with E-state index in [1.54, 1.807) is 13.0 Å². The lowest BCUT2D eigenvalue weighted by Crippen LogP contribution is -2.38. The Morgan fingerprint density at radius 3 is 2.82 bits per heavy atom. The van der Waals surface area contributed by atoms with Gasteiger partial charge in [-0.3, -0.25) is 9.59 Å². The second-order valence-electron chi connectivity index (χ2n) is 5.02. The molecule has 0 fully saturated rings. The molecule has 1 aromatic rings. The van der Waals surface area contributed by atoms with Gasteiger partial charge in [0.15, 0.2) is 0 Å². The van der Waals surface area contributed by atoms with Crippen LogP contribution in [0, 0.1) is 0 Å². The van der Waals surface area contributed by atoms with E-state index >= 15 is 0 Å². The molecule has 0 saturated heterocycles. The van der Waals surface area contributed by atoms with E-state index in [9.17, 15) is 9.59 Å². The Labute approximate surface area is 139 Å². The van der Waals surface area contributed by atoms with E-state index in [0.29, 0.717) is 28.8 Å². The maximum atomic E-state index is 12.0. The SMILES string of the molecule is CCC(=O)NCC(=O)N[C@@H]1CCCOc2c1ccc(Cl)c2Cl. The van der Waals surface area contributed by atoms with Crippen molar-refractivity contribution in [2.75, 3.05) is 13.2 Å². The van der Waals surface area contributed by atoms with Gasteiger partial charge in [0.05, 0.1) is 24.2 Å². The van der Waals surface area contributed by atoms with E-state index in [0.717, 1.165) is 18.4 Å². The van der Waals surface area contributed by atoms with Crippen LogP contribution in [0.15, 0.2) is 12.1 Å². The Bertz CT molecular complexity index is 578. The molecule has 120 valence electrons. The summed E-state index contributed by atoms with van der Waals surface area (Å²) in [5, 5.41) is 6.24. The minimum Gasteiger partial charge on any atom is -0.492 e. The van der Waals surface area contributed by atoms with Crippen LogP contribution in [0.2, 0.25) is 10.0 Å². The topological polar surface area (TPSA) is 67.4 Å². The van der Waals surface area contributed by atoms with Gasteiger partial charge in [-0.05, 0) is 18.9 Å². The maximum absolute atomic E-state index is 12.0. The third-order valence-electron chi connectivity index (χ3n) is 3.44. The number of nitrogens with one attached hydrogen (secondary N) is 2. The molecular weight excluding hydrogens is 327 g/mol. The van der Waals surface area contributed by atoms with Crippen LogP contribution >= 0.6 is 23.2 Å². The number of carbonyl (C=O) groups excluding carboxylic acids is 2. The van der Waals surface area contributed by atoms with Crippen molar-refractivity contribution in [3.63, 3.8) is 0 Å². The number of amides is 2. The summed E-state index contributed by atoms with van der Waals surface area (Å²) in [7, 11) is 0. The van der Waals surface area contributed by atoms with Crippen LogP contribution in [0.1, 0.15) is 37.8 Å². The van der Waals surface area contributed by atoms with Crippen molar-refractivity contribution in [2.24, 2.45) is 0 Å². The first-order valence-corrected chi connectivity index (χ1v) is 7.95. The molecule has 0 unspecified atom stereocenters. The Hall–Kier alpha value is -1.46. The second kappa shape index (κ2) is 7.70. The molecule has 0 spiro atoms. The van der Waals surface area contributed by atoms with Gasteiger partial charge in [-0.15, -0.1) is 0 Å². The fourth-order valence-corrected chi connectivity index (χ4v) is 2.66. The van der Waals surface area contributed by atoms with Crippen LogP contribution in [0.25, 0.3) is 0 Å². The summed E-state index contributed by atoms with van der Waals surface area (Å²) in [4.78, 5) is 23.2. The van der Waals surface area contributed by atoms with E-state index in [2.05, 4.69) is 10.6 Å². The lowest BCUT2D eigenvalue weighted by atomic mass is 10.0. The van der Waals surface area contributed by atoms with E-state index in [-0.39, 0.29) is 24.4 Å². The lowest BCUT2D eigenvalue weighted by Gasteiger charge is -2.19. The van der Waals surface area contributed by atoms with Gasteiger partial charge < -0.3 is 15.4 Å². The van der Waals surface area contributed by atoms with Gasteiger partial charge in [0.1, 0.15) is 10.8 Å². The molecule has 1 atom stereocenters. The minimum absolute atomic E-state index is 0.0410. The molecule has 7 heteroatoms. The molecule has 0 bridgehead atoms. The normalized spacial score (nSPS) is 17.0. The highest BCUT2D eigenvalue weighted by molar-refractivity contribution is 6.43. The number of rotatable bonds is 4. The summed E-state index contributed by atoms with van der Waals surface area (Å²) < 4.78 is 5.65. The fraction of sp³-hybridized carbons (Fsp3) is 0.467. The predicted octanol–water partition coefficient (Wildman–Crippen LogP) is 2.85. The van der Waals surface area contributed by atoms with E-state index < -0.39 is 0 Å². The van der Waals surface area contributed by atoms with Crippen LogP contribution in [0.4, 0.5) is 0 Å². The number of hydrogen-bond donors (Lipinski definition) is 2. The molecular formula is C15H18Cl2N2O3. The largest absolute Gasteiger partial charge is 0.492 e. The zero-order chi connectivity index (χ0) is 16.1. The molecule has 2 N–H and O–H groups in total. The standard InChI is InChI=1S/C15H18Cl2N2O3/c1-2-12(20)18-8-13(21)19-11-4-3-7-22-15-9(11)5-6-10(16)14(15)17/h5-6,11H,2-4,7-8H2,1H3,(H,18,20)(H,19,21)/t11-/m1/s1. The summed E-state index contributed by atoms with van der Waals surface area (Å²) in [6, 6.07) is 3.29. The number of halogens is 2. The number of ether oxygens (including phenoxy) is 1. The maximum Gasteiger partial charge on any atom is 0.239 e. The number of hydrogen-bond acceptors (Lipinski definition) is 3. The molecule has 0 saturated carbocycles. The Morgan fingerprint density at radius 2 is 2.09 bits per heavy atom. The first kappa shape index (κ1) is 16.9. The molecule has 22 heavy (non-hydrogen) atoms. The van der Waals surface area contributed by atoms with Crippen molar-refractivity contribution in [1.82, 2.24) is 10.6 Å². The molecule has 0 radical (unpaired) electrons. The molecule has 1 aromatic carbocycles. The third-order valence-corrected chi connectivity index (χ3v) is 4.23. The van der Waals surface area contributed by atoms with Gasteiger partial charge in [-0.2, -0.15) is 0 Å². The van der Waals surface area contributed by atoms with Crippen LogP contribution in [-0.2, 0) is 9.59 Å². The van der Waals surface area contributed by atoms with E-state index in [1.807, 2.05) is 6.07 Å². The van der Waals surface area contributed by atoms with Crippen LogP contribution in [-0.4, -0.2) is 25.0 Å². The minimum atomic E-state index is -0.245. The molecule has 0 aliphatic carbocycles. The van der Waals surface area contributed by atoms with Gasteiger partial charge >= 0.3 is 0 Å². The smallest absolute Gasteiger partial charge is 0.239 e. The lowest BCUT2D eigenvalue weighted by molar-refractivity contribution is -0.126. The average molecular weight is 345 g/mol. The zero-order valence-corrected chi connectivity index (χ0v) is 13.8. The highest BCUT2D eigenvalue weighted by Crippen LogP contribution is 2.40. The van der Waals surface area contributed by atoms with Crippen LogP contribution in [0.3, 0.4) is 0 Å². The second-order valence-corrected chi connectivity index (χ2v) is 5.81. The van der Waals surface area contributed by atoms with Crippen LogP contribution < -0.4 is 15.4 Å². The van der Waals surface area contributed by atoms with Gasteiger partial charge in [-0.25, -0.2) is 0 Å². The quantitative estimate of drug-likeness (QED) is 0.882. The summed E-state index contributed by atoms with van der Waals surface area (Å²) in [5.74, 6) is 0.120. The van der Waals surface area contributed by atoms with Gasteiger partial charge in [0.25, 0.3) is 0 Å². The Morgan fingerprint density at radius 1 is 1.32 bits per heavy atom. The van der Waals surface area contributed by atoms with Crippen molar-refractivity contribution < 1.29 is 14.3 Å². The zero-order valence-electron chi connectivity index (χ0n) is 12.2. The highest BCUT2D eigenvalue weighted by Gasteiger charge is 2.24. The summed E-state index contributed by atoms with van der Waals surface area (Å²) in [5.41, 5.74) is 0.807. The van der Waals surface area contributed by atoms with Crippen molar-refractivity contribution in [3.8, 4) is 5.75 Å². The van der Waals surface area contributed by atoms with Crippen molar-refractivity contribution in [3.05, 3.63) is 27.7 Å². The molecule has 1 aliphatic rings. The summed E-state index contributed by atoms with van der Waals surface area (Å²) >= 11 is 12.2. The molecule has 1 heterocycles. The summed E-state index contributed by atoms with van der Waals surface area (Å²) in [6.45, 7) is 2.21. The molecule has 0 aromatic heterocycles. The van der Waals surface area contributed by atoms with Gasteiger partial charge in [0.2, 0.25) is 11.8 Å².